The SMILES string of the molecule is Cc1ccc(C)c(-c2cc(-c3ccc(F)cc3)nc(N)c2C#N)c1. The molecule has 0 aliphatic carbocycles. The Morgan fingerprint density at radius 3 is 2.38 bits per heavy atom. The van der Waals surface area contributed by atoms with Crippen molar-refractivity contribution in [2.75, 3.05) is 5.73 Å². The third-order valence-corrected chi connectivity index (χ3v) is 3.98. The normalized spacial score (nSPS) is 10.4. The Hall–Kier alpha value is -3.19. The van der Waals surface area contributed by atoms with Crippen LogP contribution in [0.3, 0.4) is 0 Å². The van der Waals surface area contributed by atoms with Crippen molar-refractivity contribution in [3.8, 4) is 28.5 Å². The van der Waals surface area contributed by atoms with E-state index in [9.17, 15) is 9.65 Å². The fourth-order valence-electron chi connectivity index (χ4n) is 2.69. The molecule has 1 heterocycles. The van der Waals surface area contributed by atoms with Gasteiger partial charge in [-0.3, -0.25) is 0 Å². The first-order valence-corrected chi connectivity index (χ1v) is 7.54. The molecule has 3 rings (SSSR count). The lowest BCUT2D eigenvalue weighted by Crippen LogP contribution is -2.00. The molecule has 0 radical (unpaired) electrons. The molecule has 4 heteroatoms. The van der Waals surface area contributed by atoms with E-state index >= 15 is 0 Å². The van der Waals surface area contributed by atoms with E-state index in [1.54, 1.807) is 12.1 Å². The number of anilines is 1. The minimum absolute atomic E-state index is 0.176. The second-order valence-corrected chi connectivity index (χ2v) is 5.75. The van der Waals surface area contributed by atoms with Crippen LogP contribution >= 0.6 is 0 Å². The lowest BCUT2D eigenvalue weighted by atomic mass is 9.94. The molecule has 0 aliphatic heterocycles. The number of halogens is 1. The van der Waals surface area contributed by atoms with Crippen LogP contribution in [0.2, 0.25) is 0 Å². The third kappa shape index (κ3) is 2.84. The fraction of sp³-hybridized carbons (Fsp3) is 0.100. The highest BCUT2D eigenvalue weighted by Gasteiger charge is 2.15. The highest BCUT2D eigenvalue weighted by Crippen LogP contribution is 2.33. The summed E-state index contributed by atoms with van der Waals surface area (Å²) in [5.41, 5.74) is 11.6. The molecule has 118 valence electrons. The first kappa shape index (κ1) is 15.7. The van der Waals surface area contributed by atoms with Gasteiger partial charge in [0.25, 0.3) is 0 Å². The monoisotopic (exact) mass is 317 g/mol. The number of benzene rings is 2. The molecule has 0 spiro atoms. The largest absolute Gasteiger partial charge is 0.383 e. The third-order valence-electron chi connectivity index (χ3n) is 3.98. The average molecular weight is 317 g/mol. The Morgan fingerprint density at radius 1 is 1.00 bits per heavy atom. The van der Waals surface area contributed by atoms with Crippen LogP contribution in [0.25, 0.3) is 22.4 Å². The molecule has 0 fully saturated rings. The number of rotatable bonds is 2. The number of hydrogen-bond acceptors (Lipinski definition) is 3. The summed E-state index contributed by atoms with van der Waals surface area (Å²) in [6, 6.07) is 16.1. The maximum atomic E-state index is 13.2. The van der Waals surface area contributed by atoms with Gasteiger partial charge >= 0.3 is 0 Å². The van der Waals surface area contributed by atoms with Crippen LogP contribution in [-0.2, 0) is 0 Å². The predicted molar refractivity (Wildman–Crippen MR) is 93.7 cm³/mol. The summed E-state index contributed by atoms with van der Waals surface area (Å²) in [7, 11) is 0. The van der Waals surface area contributed by atoms with Crippen LogP contribution in [0.5, 0.6) is 0 Å². The van der Waals surface area contributed by atoms with Gasteiger partial charge in [0.15, 0.2) is 0 Å². The number of nitrogen functional groups attached to an aromatic ring is 1. The number of aryl methyl sites for hydroxylation is 2. The van der Waals surface area contributed by atoms with Gasteiger partial charge in [0.1, 0.15) is 23.3 Å². The summed E-state index contributed by atoms with van der Waals surface area (Å²) < 4.78 is 13.2. The van der Waals surface area contributed by atoms with Crippen molar-refractivity contribution in [2.24, 2.45) is 0 Å². The Balaban J connectivity index is 2.27. The quantitative estimate of drug-likeness (QED) is 0.750. The molecule has 0 aliphatic rings. The molecule has 2 N–H and O–H groups in total. The molecular weight excluding hydrogens is 301 g/mol. The van der Waals surface area contributed by atoms with Gasteiger partial charge in [0, 0.05) is 11.1 Å². The zero-order chi connectivity index (χ0) is 17.3. The Morgan fingerprint density at radius 2 is 1.71 bits per heavy atom. The minimum Gasteiger partial charge on any atom is -0.383 e. The van der Waals surface area contributed by atoms with E-state index in [2.05, 4.69) is 11.1 Å². The van der Waals surface area contributed by atoms with Gasteiger partial charge in [0.2, 0.25) is 0 Å². The topological polar surface area (TPSA) is 62.7 Å². The Labute approximate surface area is 140 Å². The molecule has 0 amide bonds. The molecule has 0 saturated heterocycles. The lowest BCUT2D eigenvalue weighted by Gasteiger charge is -2.13. The predicted octanol–water partition coefficient (Wildman–Crippen LogP) is 4.63. The van der Waals surface area contributed by atoms with Gasteiger partial charge in [-0.1, -0.05) is 23.8 Å². The Bertz CT molecular complexity index is 954. The Kier molecular flexibility index (Phi) is 4.01. The van der Waals surface area contributed by atoms with E-state index in [1.807, 2.05) is 38.1 Å². The van der Waals surface area contributed by atoms with E-state index in [4.69, 9.17) is 5.73 Å². The molecule has 0 saturated carbocycles. The van der Waals surface area contributed by atoms with Gasteiger partial charge in [0.05, 0.1) is 5.69 Å². The molecule has 2 aromatic carbocycles. The number of hydrogen-bond donors (Lipinski definition) is 1. The van der Waals surface area contributed by atoms with Crippen LogP contribution < -0.4 is 5.73 Å². The summed E-state index contributed by atoms with van der Waals surface area (Å²) in [6.07, 6.45) is 0. The zero-order valence-corrected chi connectivity index (χ0v) is 13.5. The van der Waals surface area contributed by atoms with Crippen LogP contribution in [0, 0.1) is 31.0 Å². The van der Waals surface area contributed by atoms with Crippen molar-refractivity contribution in [3.05, 3.63) is 71.0 Å². The fourth-order valence-corrected chi connectivity index (χ4v) is 2.69. The second-order valence-electron chi connectivity index (χ2n) is 5.75. The van der Waals surface area contributed by atoms with Crippen molar-refractivity contribution in [1.82, 2.24) is 4.98 Å². The smallest absolute Gasteiger partial charge is 0.142 e. The van der Waals surface area contributed by atoms with Crippen LogP contribution in [0.15, 0.2) is 48.5 Å². The zero-order valence-electron chi connectivity index (χ0n) is 13.5. The van der Waals surface area contributed by atoms with Crippen LogP contribution in [0.1, 0.15) is 16.7 Å². The summed E-state index contributed by atoms with van der Waals surface area (Å²) in [6.45, 7) is 3.99. The highest BCUT2D eigenvalue weighted by molar-refractivity contribution is 5.81. The number of aromatic nitrogens is 1. The van der Waals surface area contributed by atoms with Crippen molar-refractivity contribution >= 4 is 5.82 Å². The summed E-state index contributed by atoms with van der Waals surface area (Å²) in [4.78, 5) is 4.31. The standard InChI is InChI=1S/C20H16FN3/c1-12-3-4-13(2)16(9-12)17-10-19(24-20(23)18(17)11-22)14-5-7-15(21)8-6-14/h3-10H,1-2H3,(H2,23,24). The first-order valence-electron chi connectivity index (χ1n) is 7.54. The molecule has 3 nitrogen and oxygen atoms in total. The highest BCUT2D eigenvalue weighted by atomic mass is 19.1. The molecule has 3 aromatic rings. The van der Waals surface area contributed by atoms with Crippen LogP contribution in [-0.4, -0.2) is 4.98 Å². The number of pyridine rings is 1. The first-order chi connectivity index (χ1) is 11.5. The van der Waals surface area contributed by atoms with Crippen molar-refractivity contribution in [3.63, 3.8) is 0 Å². The molecule has 0 bridgehead atoms. The lowest BCUT2D eigenvalue weighted by molar-refractivity contribution is 0.628. The van der Waals surface area contributed by atoms with Crippen molar-refractivity contribution < 1.29 is 4.39 Å². The van der Waals surface area contributed by atoms with E-state index in [0.717, 1.165) is 27.8 Å². The maximum Gasteiger partial charge on any atom is 0.142 e. The summed E-state index contributed by atoms with van der Waals surface area (Å²) in [5, 5.41) is 9.50. The molecule has 0 unspecified atom stereocenters. The van der Waals surface area contributed by atoms with E-state index in [-0.39, 0.29) is 11.6 Å². The maximum absolute atomic E-state index is 13.2. The van der Waals surface area contributed by atoms with Gasteiger partial charge in [-0.15, -0.1) is 0 Å². The van der Waals surface area contributed by atoms with E-state index < -0.39 is 0 Å². The number of nitrogens with two attached hydrogens (primary N) is 1. The molecule has 1 aromatic heterocycles. The number of nitrogens with zero attached hydrogens (tertiary/aromatic N) is 2. The van der Waals surface area contributed by atoms with Gasteiger partial charge in [-0.05, 0) is 55.3 Å². The number of nitriles is 1. The minimum atomic E-state index is -0.310. The van der Waals surface area contributed by atoms with Crippen molar-refractivity contribution in [2.45, 2.75) is 13.8 Å². The molecular formula is C20H16FN3. The summed E-state index contributed by atoms with van der Waals surface area (Å²) >= 11 is 0. The van der Waals surface area contributed by atoms with E-state index in [0.29, 0.717) is 11.3 Å². The summed E-state index contributed by atoms with van der Waals surface area (Å²) in [5.74, 6) is -0.134. The molecule has 24 heavy (non-hydrogen) atoms. The van der Waals surface area contributed by atoms with Gasteiger partial charge < -0.3 is 5.73 Å². The van der Waals surface area contributed by atoms with Gasteiger partial charge in [-0.25, -0.2) is 9.37 Å². The van der Waals surface area contributed by atoms with Gasteiger partial charge in [-0.2, -0.15) is 5.26 Å². The molecule has 0 atom stereocenters. The second kappa shape index (κ2) is 6.13. The average Bonchev–Trinajstić information content (AvgIpc) is 2.57. The van der Waals surface area contributed by atoms with E-state index in [1.165, 1.54) is 12.1 Å². The van der Waals surface area contributed by atoms with Crippen LogP contribution in [0.4, 0.5) is 10.2 Å². The van der Waals surface area contributed by atoms with Crippen molar-refractivity contribution in [1.29, 1.82) is 5.26 Å².